The molecule has 2 aromatic rings. The number of halogens is 1. The van der Waals surface area contributed by atoms with Crippen molar-refractivity contribution in [3.63, 3.8) is 0 Å². The molecule has 0 aliphatic heterocycles. The van der Waals surface area contributed by atoms with Crippen LogP contribution < -0.4 is 5.73 Å². The smallest absolute Gasteiger partial charge is 0.226 e. The summed E-state index contributed by atoms with van der Waals surface area (Å²) in [6.45, 7) is 0.0293. The van der Waals surface area contributed by atoms with Crippen LogP contribution in [0.5, 0.6) is 0 Å². The van der Waals surface area contributed by atoms with Crippen LogP contribution in [0.25, 0.3) is 0 Å². The number of carbonyl (C=O) groups is 1. The second-order valence-corrected chi connectivity index (χ2v) is 5.41. The van der Waals surface area contributed by atoms with Crippen LogP contribution in [0.4, 0.5) is 4.39 Å². The van der Waals surface area contributed by atoms with Crippen molar-refractivity contribution in [3.8, 4) is 0 Å². The summed E-state index contributed by atoms with van der Waals surface area (Å²) in [5.41, 5.74) is 3.35. The molecule has 0 spiro atoms. The molecule has 3 rings (SSSR count). The highest BCUT2D eigenvalue weighted by molar-refractivity contribution is 5.85. The summed E-state index contributed by atoms with van der Waals surface area (Å²) in [5.74, 6) is -0.972. The Morgan fingerprint density at radius 1 is 1.43 bits per heavy atom. The quantitative estimate of drug-likeness (QED) is 0.841. The Kier molecular flexibility index (Phi) is 3.02. The van der Waals surface area contributed by atoms with E-state index >= 15 is 0 Å². The first-order valence-corrected chi connectivity index (χ1v) is 6.59. The van der Waals surface area contributed by atoms with Crippen molar-refractivity contribution in [3.05, 3.63) is 48.3 Å². The standard InChI is InChI=1S/C14H15FN4O2/c15-11-3-1-10(2-4-11)14(21,7-19-9-17-8-18-19)13(5-6-13)12(16)20/h1-4,8-9,21H,5-7H2,(H2,16,20). The lowest BCUT2D eigenvalue weighted by Crippen LogP contribution is -2.48. The average Bonchev–Trinajstić information content (AvgIpc) is 3.14. The van der Waals surface area contributed by atoms with E-state index in [0.717, 1.165) is 0 Å². The maximum atomic E-state index is 13.1. The van der Waals surface area contributed by atoms with Crippen LogP contribution in [-0.2, 0) is 16.9 Å². The topological polar surface area (TPSA) is 94.0 Å². The van der Waals surface area contributed by atoms with Gasteiger partial charge in [0, 0.05) is 0 Å². The summed E-state index contributed by atoms with van der Waals surface area (Å²) in [6.07, 6.45) is 3.77. The second kappa shape index (κ2) is 4.63. The first kappa shape index (κ1) is 13.7. The number of nitrogens with two attached hydrogens (primary N) is 1. The minimum atomic E-state index is -1.54. The van der Waals surface area contributed by atoms with Crippen molar-refractivity contribution >= 4 is 5.91 Å². The predicted molar refractivity (Wildman–Crippen MR) is 71.2 cm³/mol. The summed E-state index contributed by atoms with van der Waals surface area (Å²) in [7, 11) is 0. The van der Waals surface area contributed by atoms with Gasteiger partial charge in [0.25, 0.3) is 0 Å². The molecule has 0 bridgehead atoms. The van der Waals surface area contributed by atoms with Crippen LogP contribution in [0.1, 0.15) is 18.4 Å². The number of hydrogen-bond donors (Lipinski definition) is 2. The first-order valence-electron chi connectivity index (χ1n) is 6.59. The van der Waals surface area contributed by atoms with E-state index < -0.39 is 22.7 Å². The molecule has 1 unspecified atom stereocenters. The highest BCUT2D eigenvalue weighted by atomic mass is 19.1. The van der Waals surface area contributed by atoms with E-state index in [2.05, 4.69) is 10.1 Å². The molecule has 0 saturated heterocycles. The Labute approximate surface area is 120 Å². The van der Waals surface area contributed by atoms with Crippen molar-refractivity contribution in [2.45, 2.75) is 25.0 Å². The molecule has 1 heterocycles. The van der Waals surface area contributed by atoms with Crippen molar-refractivity contribution in [2.75, 3.05) is 0 Å². The summed E-state index contributed by atoms with van der Waals surface area (Å²) in [4.78, 5) is 15.7. The van der Waals surface area contributed by atoms with Gasteiger partial charge >= 0.3 is 0 Å². The second-order valence-electron chi connectivity index (χ2n) is 5.41. The summed E-state index contributed by atoms with van der Waals surface area (Å²) in [6, 6.07) is 5.43. The molecule has 1 aromatic carbocycles. The van der Waals surface area contributed by atoms with Crippen LogP contribution >= 0.6 is 0 Å². The van der Waals surface area contributed by atoms with Gasteiger partial charge in [-0.15, -0.1) is 0 Å². The lowest BCUT2D eigenvalue weighted by Gasteiger charge is -2.35. The molecule has 3 N–H and O–H groups in total. The number of rotatable bonds is 5. The Morgan fingerprint density at radius 3 is 2.57 bits per heavy atom. The van der Waals surface area contributed by atoms with Crippen LogP contribution in [0.2, 0.25) is 0 Å². The molecule has 1 atom stereocenters. The molecule has 7 heteroatoms. The number of aliphatic hydroxyl groups is 1. The molecule has 0 radical (unpaired) electrons. The highest BCUT2D eigenvalue weighted by Gasteiger charge is 2.64. The van der Waals surface area contributed by atoms with Gasteiger partial charge in [-0.2, -0.15) is 5.10 Å². The molecule has 1 amide bonds. The van der Waals surface area contributed by atoms with Crippen LogP contribution in [0.15, 0.2) is 36.9 Å². The fourth-order valence-electron chi connectivity index (χ4n) is 2.78. The van der Waals surface area contributed by atoms with E-state index in [9.17, 15) is 14.3 Å². The van der Waals surface area contributed by atoms with Crippen LogP contribution in [-0.4, -0.2) is 25.8 Å². The number of amides is 1. The number of primary amides is 1. The Hall–Kier alpha value is -2.28. The van der Waals surface area contributed by atoms with Gasteiger partial charge in [-0.25, -0.2) is 14.1 Å². The van der Waals surface area contributed by atoms with Crippen molar-refractivity contribution < 1.29 is 14.3 Å². The third kappa shape index (κ3) is 2.09. The van der Waals surface area contributed by atoms with Gasteiger partial charge in [0.2, 0.25) is 5.91 Å². The van der Waals surface area contributed by atoms with Crippen molar-refractivity contribution in [1.29, 1.82) is 0 Å². The Bertz CT molecular complexity index is 652. The molecule has 1 saturated carbocycles. The number of benzene rings is 1. The minimum absolute atomic E-state index is 0.0293. The third-order valence-electron chi connectivity index (χ3n) is 4.19. The molecule has 1 aromatic heterocycles. The molecular weight excluding hydrogens is 275 g/mol. The molecule has 1 aliphatic carbocycles. The summed E-state index contributed by atoms with van der Waals surface area (Å²) in [5, 5.41) is 15.2. The number of hydrogen-bond acceptors (Lipinski definition) is 4. The lowest BCUT2D eigenvalue weighted by atomic mass is 9.77. The van der Waals surface area contributed by atoms with Gasteiger partial charge in [0.15, 0.2) is 0 Å². The summed E-state index contributed by atoms with van der Waals surface area (Å²) >= 11 is 0. The van der Waals surface area contributed by atoms with E-state index in [1.807, 2.05) is 0 Å². The van der Waals surface area contributed by atoms with Gasteiger partial charge in [-0.1, -0.05) is 12.1 Å². The zero-order chi connectivity index (χ0) is 15.1. The van der Waals surface area contributed by atoms with Crippen molar-refractivity contribution in [2.24, 2.45) is 11.1 Å². The molecule has 1 aliphatic rings. The maximum Gasteiger partial charge on any atom is 0.226 e. The van der Waals surface area contributed by atoms with E-state index in [-0.39, 0.29) is 6.54 Å². The van der Waals surface area contributed by atoms with Gasteiger partial charge in [0.1, 0.15) is 24.1 Å². The fraction of sp³-hybridized carbons (Fsp3) is 0.357. The molecule has 1 fully saturated rings. The van der Waals surface area contributed by atoms with Crippen LogP contribution in [0, 0.1) is 11.2 Å². The van der Waals surface area contributed by atoms with Gasteiger partial charge in [-0.05, 0) is 30.5 Å². The Balaban J connectivity index is 2.06. The normalized spacial score (nSPS) is 19.0. The first-order chi connectivity index (χ1) is 9.98. The fourth-order valence-corrected chi connectivity index (χ4v) is 2.78. The molecular formula is C14H15FN4O2. The van der Waals surface area contributed by atoms with E-state index in [1.54, 1.807) is 0 Å². The summed E-state index contributed by atoms with van der Waals surface area (Å²) < 4.78 is 14.6. The van der Waals surface area contributed by atoms with Crippen molar-refractivity contribution in [1.82, 2.24) is 14.8 Å². The average molecular weight is 290 g/mol. The van der Waals surface area contributed by atoms with E-state index in [1.165, 1.54) is 41.6 Å². The largest absolute Gasteiger partial charge is 0.382 e. The molecule has 6 nitrogen and oxygen atoms in total. The maximum absolute atomic E-state index is 13.1. The van der Waals surface area contributed by atoms with Crippen LogP contribution in [0.3, 0.4) is 0 Å². The van der Waals surface area contributed by atoms with Gasteiger partial charge in [0.05, 0.1) is 12.0 Å². The van der Waals surface area contributed by atoms with E-state index in [0.29, 0.717) is 18.4 Å². The highest BCUT2D eigenvalue weighted by Crippen LogP contribution is 2.58. The molecule has 110 valence electrons. The predicted octanol–water partition coefficient (Wildman–Crippen LogP) is 0.570. The minimum Gasteiger partial charge on any atom is -0.382 e. The zero-order valence-corrected chi connectivity index (χ0v) is 11.2. The van der Waals surface area contributed by atoms with Gasteiger partial charge < -0.3 is 10.8 Å². The third-order valence-corrected chi connectivity index (χ3v) is 4.19. The Morgan fingerprint density at radius 2 is 2.10 bits per heavy atom. The van der Waals surface area contributed by atoms with E-state index in [4.69, 9.17) is 5.73 Å². The molecule has 21 heavy (non-hydrogen) atoms. The zero-order valence-electron chi connectivity index (χ0n) is 11.2. The van der Waals surface area contributed by atoms with Gasteiger partial charge in [-0.3, -0.25) is 4.79 Å². The SMILES string of the molecule is NC(=O)C1(C(O)(Cn2cncn2)c2ccc(F)cc2)CC1. The monoisotopic (exact) mass is 290 g/mol. The number of nitrogens with zero attached hydrogens (tertiary/aromatic N) is 3. The number of aromatic nitrogens is 3. The lowest BCUT2D eigenvalue weighted by molar-refractivity contribution is -0.138. The number of carbonyl (C=O) groups excluding carboxylic acids is 1.